The van der Waals surface area contributed by atoms with Crippen molar-refractivity contribution in [1.29, 1.82) is 0 Å². The second-order valence-corrected chi connectivity index (χ2v) is 10.9. The summed E-state index contributed by atoms with van der Waals surface area (Å²) in [5, 5.41) is 11.6. The zero-order valence-electron chi connectivity index (χ0n) is 22.7. The van der Waals surface area contributed by atoms with Crippen molar-refractivity contribution >= 4 is 62.7 Å². The minimum Gasteiger partial charge on any atom is -0.497 e. The van der Waals surface area contributed by atoms with E-state index in [2.05, 4.69) is 31.4 Å². The number of hydrogen-bond donors (Lipinski definition) is 1. The Hall–Kier alpha value is -4.68. The van der Waals surface area contributed by atoms with Gasteiger partial charge in [-0.2, -0.15) is 5.10 Å². The van der Waals surface area contributed by atoms with Gasteiger partial charge in [0.25, 0.3) is 11.8 Å². The number of hydrogen-bond acceptors (Lipinski definition) is 8. The molecule has 5 rings (SSSR count). The predicted octanol–water partition coefficient (Wildman–Crippen LogP) is 6.71. The SMILES string of the molecule is COc1ccc(/C=N\N=C2\S/C(=C\c3cc(Br)ccc3OCC(=O)Nc3ccc(F)cc3)C(=O)N2Cc2ccco2)cc1. The number of carbonyl (C=O) groups excluding carboxylic acids is 2. The van der Waals surface area contributed by atoms with E-state index in [0.29, 0.717) is 32.8 Å². The van der Waals surface area contributed by atoms with Crippen LogP contribution in [0.5, 0.6) is 11.5 Å². The van der Waals surface area contributed by atoms with Crippen molar-refractivity contribution in [2.24, 2.45) is 10.2 Å². The van der Waals surface area contributed by atoms with Crippen LogP contribution in [0, 0.1) is 5.82 Å². The summed E-state index contributed by atoms with van der Waals surface area (Å²) in [5.74, 6) is 0.581. The second-order valence-electron chi connectivity index (χ2n) is 9.01. The highest BCUT2D eigenvalue weighted by molar-refractivity contribution is 9.10. The summed E-state index contributed by atoms with van der Waals surface area (Å²) in [4.78, 5) is 27.9. The molecule has 218 valence electrons. The normalized spacial score (nSPS) is 15.0. The van der Waals surface area contributed by atoms with Crippen molar-refractivity contribution in [1.82, 2.24) is 4.90 Å². The van der Waals surface area contributed by atoms with E-state index in [1.54, 1.807) is 49.7 Å². The lowest BCUT2D eigenvalue weighted by Gasteiger charge is -2.13. The third-order valence-electron chi connectivity index (χ3n) is 5.99. The average Bonchev–Trinajstić information content (AvgIpc) is 3.63. The average molecular weight is 664 g/mol. The molecule has 12 heteroatoms. The summed E-state index contributed by atoms with van der Waals surface area (Å²) < 4.78 is 30.4. The van der Waals surface area contributed by atoms with E-state index in [-0.39, 0.29) is 19.1 Å². The monoisotopic (exact) mass is 662 g/mol. The number of amidine groups is 1. The van der Waals surface area contributed by atoms with Crippen LogP contribution in [0.2, 0.25) is 0 Å². The molecule has 4 aromatic rings. The molecule has 0 radical (unpaired) electrons. The Morgan fingerprint density at radius 2 is 1.91 bits per heavy atom. The third kappa shape index (κ3) is 7.99. The maximum absolute atomic E-state index is 13.5. The van der Waals surface area contributed by atoms with E-state index in [1.807, 2.05) is 24.3 Å². The van der Waals surface area contributed by atoms with E-state index < -0.39 is 11.7 Å². The zero-order valence-corrected chi connectivity index (χ0v) is 25.1. The van der Waals surface area contributed by atoms with Crippen molar-refractivity contribution in [3.05, 3.63) is 117 Å². The molecule has 0 saturated carbocycles. The fourth-order valence-electron chi connectivity index (χ4n) is 3.89. The number of nitrogens with one attached hydrogen (secondary N) is 1. The van der Waals surface area contributed by atoms with E-state index >= 15 is 0 Å². The first-order valence-electron chi connectivity index (χ1n) is 12.8. The maximum atomic E-state index is 13.5. The summed E-state index contributed by atoms with van der Waals surface area (Å²) in [6.45, 7) is -0.133. The molecule has 0 atom stereocenters. The maximum Gasteiger partial charge on any atom is 0.267 e. The van der Waals surface area contributed by atoms with Crippen LogP contribution in [0.4, 0.5) is 10.1 Å². The number of halogens is 2. The van der Waals surface area contributed by atoms with Crippen LogP contribution in [-0.2, 0) is 16.1 Å². The molecular weight excluding hydrogens is 639 g/mol. The Morgan fingerprint density at radius 3 is 2.63 bits per heavy atom. The van der Waals surface area contributed by atoms with Crippen LogP contribution >= 0.6 is 27.7 Å². The first-order chi connectivity index (χ1) is 20.9. The second kappa shape index (κ2) is 14.0. The number of rotatable bonds is 10. The number of nitrogens with zero attached hydrogens (tertiary/aromatic N) is 3. The Labute approximate surface area is 259 Å². The molecule has 43 heavy (non-hydrogen) atoms. The minimum absolute atomic E-state index is 0.165. The van der Waals surface area contributed by atoms with Crippen molar-refractivity contribution in [2.45, 2.75) is 6.54 Å². The zero-order chi connectivity index (χ0) is 30.2. The number of amides is 2. The molecule has 2 amide bonds. The molecule has 1 aromatic heterocycles. The summed E-state index contributed by atoms with van der Waals surface area (Å²) >= 11 is 4.62. The van der Waals surface area contributed by atoms with Crippen molar-refractivity contribution < 1.29 is 27.9 Å². The molecule has 9 nitrogen and oxygen atoms in total. The van der Waals surface area contributed by atoms with Crippen LogP contribution in [0.3, 0.4) is 0 Å². The van der Waals surface area contributed by atoms with Crippen LogP contribution in [-0.4, -0.2) is 41.8 Å². The molecule has 0 unspecified atom stereocenters. The Bertz CT molecular complexity index is 1690. The van der Waals surface area contributed by atoms with E-state index in [9.17, 15) is 14.0 Å². The fourth-order valence-corrected chi connectivity index (χ4v) is 5.20. The highest BCUT2D eigenvalue weighted by Crippen LogP contribution is 2.36. The van der Waals surface area contributed by atoms with Gasteiger partial charge in [-0.1, -0.05) is 15.9 Å². The fraction of sp³-hybridized carbons (Fsp3) is 0.0968. The van der Waals surface area contributed by atoms with Crippen LogP contribution < -0.4 is 14.8 Å². The van der Waals surface area contributed by atoms with Gasteiger partial charge in [-0.25, -0.2) is 4.39 Å². The number of anilines is 1. The molecule has 1 saturated heterocycles. The summed E-state index contributed by atoms with van der Waals surface area (Å²) in [5.41, 5.74) is 1.83. The Kier molecular flexibility index (Phi) is 9.70. The molecule has 0 aliphatic carbocycles. The third-order valence-corrected chi connectivity index (χ3v) is 7.48. The largest absolute Gasteiger partial charge is 0.497 e. The molecule has 1 N–H and O–H groups in total. The lowest BCUT2D eigenvalue weighted by molar-refractivity contribution is -0.122. The van der Waals surface area contributed by atoms with Gasteiger partial charge in [0.1, 0.15) is 23.1 Å². The Morgan fingerprint density at radius 1 is 1.12 bits per heavy atom. The molecule has 2 heterocycles. The van der Waals surface area contributed by atoms with Gasteiger partial charge in [0.05, 0.1) is 31.0 Å². The van der Waals surface area contributed by atoms with Gasteiger partial charge >= 0.3 is 0 Å². The summed E-state index contributed by atoms with van der Waals surface area (Å²) in [6.07, 6.45) is 4.80. The lowest BCUT2D eigenvalue weighted by atomic mass is 10.2. The van der Waals surface area contributed by atoms with E-state index in [0.717, 1.165) is 27.5 Å². The first kappa shape index (κ1) is 29.8. The number of benzene rings is 3. The molecule has 0 spiro atoms. The van der Waals surface area contributed by atoms with Gasteiger partial charge in [-0.15, -0.1) is 5.10 Å². The smallest absolute Gasteiger partial charge is 0.267 e. The van der Waals surface area contributed by atoms with Gasteiger partial charge in [0.2, 0.25) is 0 Å². The number of methoxy groups -OCH3 is 1. The van der Waals surface area contributed by atoms with Crippen LogP contribution in [0.1, 0.15) is 16.9 Å². The number of thioether (sulfide) groups is 1. The van der Waals surface area contributed by atoms with Crippen LogP contribution in [0.15, 0.2) is 109 Å². The van der Waals surface area contributed by atoms with Crippen molar-refractivity contribution in [3.8, 4) is 11.5 Å². The van der Waals surface area contributed by atoms with Gasteiger partial charge < -0.3 is 19.2 Å². The number of furan rings is 1. The highest BCUT2D eigenvalue weighted by Gasteiger charge is 2.34. The first-order valence-corrected chi connectivity index (χ1v) is 14.5. The minimum atomic E-state index is -0.423. The number of carbonyl (C=O) groups is 2. The molecule has 0 bridgehead atoms. The van der Waals surface area contributed by atoms with Gasteiger partial charge in [0.15, 0.2) is 11.8 Å². The lowest BCUT2D eigenvalue weighted by Crippen LogP contribution is -2.28. The van der Waals surface area contributed by atoms with E-state index in [1.165, 1.54) is 35.4 Å². The summed E-state index contributed by atoms with van der Waals surface area (Å²) in [6, 6.07) is 21.5. The van der Waals surface area contributed by atoms with Crippen molar-refractivity contribution in [2.75, 3.05) is 19.0 Å². The molecule has 1 aliphatic rings. The molecule has 3 aromatic carbocycles. The van der Waals surface area contributed by atoms with Gasteiger partial charge in [0, 0.05) is 15.7 Å². The number of ether oxygens (including phenoxy) is 2. The van der Waals surface area contributed by atoms with Gasteiger partial charge in [-0.05, 0) is 102 Å². The topological polar surface area (TPSA) is 106 Å². The predicted molar refractivity (Wildman–Crippen MR) is 168 cm³/mol. The van der Waals surface area contributed by atoms with E-state index in [4.69, 9.17) is 13.9 Å². The highest BCUT2D eigenvalue weighted by atomic mass is 79.9. The molecule has 1 aliphatic heterocycles. The Balaban J connectivity index is 1.36. The quantitative estimate of drug-likeness (QED) is 0.115. The molecule has 1 fully saturated rings. The summed E-state index contributed by atoms with van der Waals surface area (Å²) in [7, 11) is 1.60. The molecular formula is C31H24BrFN4O5S. The van der Waals surface area contributed by atoms with Crippen molar-refractivity contribution in [3.63, 3.8) is 0 Å². The van der Waals surface area contributed by atoms with Crippen LogP contribution in [0.25, 0.3) is 6.08 Å². The standard InChI is InChI=1S/C31H24BrFN4O5S/c1-40-25-11-4-20(5-12-25)17-34-36-31-37(18-26-3-2-14-41-26)30(39)28(43-31)16-21-15-22(32)6-13-27(21)42-19-29(38)35-24-9-7-23(33)8-10-24/h2-17H,18-19H2,1H3,(H,35,38)/b28-16-,34-17-,36-31+. The van der Waals surface area contributed by atoms with Gasteiger partial charge in [-0.3, -0.25) is 14.5 Å².